The molecule has 0 amide bonds. The minimum absolute atomic E-state index is 0.167. The smallest absolute Gasteiger partial charge is 0.229 e. The van der Waals surface area contributed by atoms with Crippen LogP contribution in [0.5, 0.6) is 0 Å². The van der Waals surface area contributed by atoms with Crippen LogP contribution in [-0.4, -0.2) is 59.4 Å². The lowest BCUT2D eigenvalue weighted by molar-refractivity contribution is -0.0665. The second-order valence-electron chi connectivity index (χ2n) is 4.90. The fourth-order valence-electron chi connectivity index (χ4n) is 2.68. The molecule has 0 N–H and O–H groups in total. The summed E-state index contributed by atoms with van der Waals surface area (Å²) in [5, 5.41) is 3.91. The molecule has 0 aromatic carbocycles. The van der Waals surface area contributed by atoms with Crippen LogP contribution in [0.1, 0.15) is 27.8 Å². The molecule has 21 heavy (non-hydrogen) atoms. The third kappa shape index (κ3) is 2.48. The van der Waals surface area contributed by atoms with Crippen molar-refractivity contribution in [3.8, 4) is 0 Å². The average Bonchev–Trinajstić information content (AvgIpc) is 2.54. The van der Waals surface area contributed by atoms with E-state index in [9.17, 15) is 9.59 Å². The minimum atomic E-state index is -0.196. The van der Waals surface area contributed by atoms with Crippen LogP contribution in [-0.2, 0) is 4.74 Å². The molecule has 1 fully saturated rings. The molecule has 0 saturated carbocycles. The monoisotopic (exact) mass is 287 g/mol. The quantitative estimate of drug-likeness (QED) is 0.823. The van der Waals surface area contributed by atoms with Crippen molar-refractivity contribution < 1.29 is 14.3 Å². The Bertz CT molecular complexity index is 606. The summed E-state index contributed by atoms with van der Waals surface area (Å²) in [5.74, 6) is -0.363. The number of fused-ring (bicyclic) bond motifs is 1. The van der Waals surface area contributed by atoms with Crippen LogP contribution in [0.3, 0.4) is 0 Å². The number of morpholine rings is 1. The number of Topliss-reactive ketones (excluding diaryl/α,β-unsaturated/α-hetero) is 1. The zero-order valence-corrected chi connectivity index (χ0v) is 11.9. The Morgan fingerprint density at radius 3 is 2.81 bits per heavy atom. The number of carbonyl (C=O) groups excluding carboxylic acids is 2. The standard InChI is InChI=1S/C15H17N3O3/c1-2-18(17-6-8-21-9-7-17)12-10-13(19)11-4-3-5-16-14(11)15(12)20/h3-5,10H,2,6-9H2,1H3. The largest absolute Gasteiger partial charge is 0.379 e. The Morgan fingerprint density at radius 2 is 2.10 bits per heavy atom. The van der Waals surface area contributed by atoms with Crippen LogP contribution in [0.15, 0.2) is 30.1 Å². The van der Waals surface area contributed by atoms with E-state index >= 15 is 0 Å². The van der Waals surface area contributed by atoms with Gasteiger partial charge in [0.2, 0.25) is 5.78 Å². The molecule has 0 spiro atoms. The predicted octanol–water partition coefficient (Wildman–Crippen LogP) is 0.914. The third-order valence-corrected chi connectivity index (χ3v) is 3.70. The molecule has 2 heterocycles. The SMILES string of the molecule is CCN(C1=CC(=O)c2cccnc2C1=O)N1CCOCC1. The molecule has 1 saturated heterocycles. The molecule has 1 aliphatic carbocycles. The molecule has 6 heteroatoms. The Morgan fingerprint density at radius 1 is 1.33 bits per heavy atom. The fraction of sp³-hybridized carbons (Fsp3) is 0.400. The molecular formula is C15H17N3O3. The second-order valence-corrected chi connectivity index (χ2v) is 4.90. The van der Waals surface area contributed by atoms with E-state index < -0.39 is 0 Å². The van der Waals surface area contributed by atoms with Gasteiger partial charge in [-0.2, -0.15) is 0 Å². The van der Waals surface area contributed by atoms with Crippen molar-refractivity contribution in [2.45, 2.75) is 6.92 Å². The molecular weight excluding hydrogens is 270 g/mol. The molecule has 6 nitrogen and oxygen atoms in total. The van der Waals surface area contributed by atoms with Crippen molar-refractivity contribution in [2.75, 3.05) is 32.8 Å². The maximum absolute atomic E-state index is 12.6. The highest BCUT2D eigenvalue weighted by atomic mass is 16.5. The number of pyridine rings is 1. The number of ketones is 2. The van der Waals surface area contributed by atoms with Gasteiger partial charge in [0.1, 0.15) is 11.4 Å². The van der Waals surface area contributed by atoms with E-state index in [1.807, 2.05) is 11.9 Å². The highest BCUT2D eigenvalue weighted by Crippen LogP contribution is 2.23. The summed E-state index contributed by atoms with van der Waals surface area (Å²) >= 11 is 0. The first kappa shape index (κ1) is 13.9. The van der Waals surface area contributed by atoms with Crippen LogP contribution in [0.25, 0.3) is 0 Å². The third-order valence-electron chi connectivity index (χ3n) is 3.70. The van der Waals surface area contributed by atoms with E-state index in [1.165, 1.54) is 12.3 Å². The van der Waals surface area contributed by atoms with Gasteiger partial charge in [-0.3, -0.25) is 14.6 Å². The zero-order valence-electron chi connectivity index (χ0n) is 11.9. The van der Waals surface area contributed by atoms with Crippen LogP contribution >= 0.6 is 0 Å². The summed E-state index contributed by atoms with van der Waals surface area (Å²) in [7, 11) is 0. The molecule has 0 unspecified atom stereocenters. The number of nitrogens with zero attached hydrogens (tertiary/aromatic N) is 3. The first-order chi connectivity index (χ1) is 10.2. The Kier molecular flexibility index (Phi) is 3.81. The number of aromatic nitrogens is 1. The molecule has 0 atom stereocenters. The number of likely N-dealkylation sites (N-methyl/N-ethyl adjacent to an activating group) is 1. The van der Waals surface area contributed by atoms with Crippen LogP contribution in [0.2, 0.25) is 0 Å². The highest BCUT2D eigenvalue weighted by Gasteiger charge is 2.32. The predicted molar refractivity (Wildman–Crippen MR) is 75.8 cm³/mol. The normalized spacial score (nSPS) is 19.2. The summed E-state index contributed by atoms with van der Waals surface area (Å²) in [4.78, 5) is 28.9. The van der Waals surface area contributed by atoms with Gasteiger partial charge in [0.05, 0.1) is 18.8 Å². The van der Waals surface area contributed by atoms with Crippen molar-refractivity contribution >= 4 is 11.6 Å². The molecule has 0 radical (unpaired) electrons. The molecule has 3 rings (SSSR count). The Labute approximate surface area is 123 Å². The van der Waals surface area contributed by atoms with E-state index in [0.717, 1.165) is 0 Å². The van der Waals surface area contributed by atoms with Crippen LogP contribution in [0.4, 0.5) is 0 Å². The maximum Gasteiger partial charge on any atom is 0.229 e. The lowest BCUT2D eigenvalue weighted by atomic mass is 9.97. The Balaban J connectivity index is 1.94. The van der Waals surface area contributed by atoms with Gasteiger partial charge in [0, 0.05) is 31.9 Å². The number of hydrogen-bond acceptors (Lipinski definition) is 6. The number of allylic oxidation sites excluding steroid dienone is 2. The average molecular weight is 287 g/mol. The lowest BCUT2D eigenvalue weighted by Crippen LogP contribution is -2.50. The lowest BCUT2D eigenvalue weighted by Gasteiger charge is -2.39. The van der Waals surface area contributed by atoms with Gasteiger partial charge in [-0.1, -0.05) is 0 Å². The van der Waals surface area contributed by atoms with Gasteiger partial charge >= 0.3 is 0 Å². The summed E-state index contributed by atoms with van der Waals surface area (Å²) in [6, 6.07) is 3.31. The molecule has 1 aliphatic heterocycles. The number of ether oxygens (including phenoxy) is 1. The van der Waals surface area contributed by atoms with Gasteiger partial charge in [0.15, 0.2) is 5.78 Å². The van der Waals surface area contributed by atoms with Crippen molar-refractivity contribution in [1.82, 2.24) is 15.0 Å². The van der Waals surface area contributed by atoms with E-state index in [2.05, 4.69) is 9.99 Å². The van der Waals surface area contributed by atoms with Gasteiger partial charge in [-0.15, -0.1) is 0 Å². The summed E-state index contributed by atoms with van der Waals surface area (Å²) in [5.41, 5.74) is 1.02. The minimum Gasteiger partial charge on any atom is -0.379 e. The van der Waals surface area contributed by atoms with Gasteiger partial charge in [0.25, 0.3) is 0 Å². The summed E-state index contributed by atoms with van der Waals surface area (Å²) in [6.45, 7) is 5.25. The molecule has 1 aromatic rings. The van der Waals surface area contributed by atoms with Gasteiger partial charge < -0.3 is 9.75 Å². The van der Waals surface area contributed by atoms with Crippen LogP contribution < -0.4 is 0 Å². The van der Waals surface area contributed by atoms with Gasteiger partial charge in [-0.05, 0) is 19.1 Å². The fourth-order valence-corrected chi connectivity index (χ4v) is 2.68. The highest BCUT2D eigenvalue weighted by molar-refractivity contribution is 6.23. The maximum atomic E-state index is 12.6. The van der Waals surface area contributed by atoms with Crippen molar-refractivity contribution in [2.24, 2.45) is 0 Å². The Hall–Kier alpha value is -2.05. The van der Waals surface area contributed by atoms with E-state index in [-0.39, 0.29) is 17.3 Å². The van der Waals surface area contributed by atoms with Crippen molar-refractivity contribution in [1.29, 1.82) is 0 Å². The second kappa shape index (κ2) is 5.75. The van der Waals surface area contributed by atoms with E-state index in [1.54, 1.807) is 12.1 Å². The van der Waals surface area contributed by atoms with E-state index in [0.29, 0.717) is 44.1 Å². The zero-order chi connectivity index (χ0) is 14.8. The molecule has 1 aromatic heterocycles. The topological polar surface area (TPSA) is 62.7 Å². The molecule has 0 bridgehead atoms. The summed E-state index contributed by atoms with van der Waals surface area (Å²) < 4.78 is 5.33. The van der Waals surface area contributed by atoms with Crippen molar-refractivity contribution in [3.63, 3.8) is 0 Å². The molecule has 110 valence electrons. The van der Waals surface area contributed by atoms with Crippen LogP contribution in [0, 0.1) is 0 Å². The first-order valence-corrected chi connectivity index (χ1v) is 7.08. The molecule has 2 aliphatic rings. The van der Waals surface area contributed by atoms with Gasteiger partial charge in [-0.25, -0.2) is 5.01 Å². The number of hydrazine groups is 1. The number of hydrogen-bond donors (Lipinski definition) is 0. The van der Waals surface area contributed by atoms with E-state index in [4.69, 9.17) is 4.74 Å². The first-order valence-electron chi connectivity index (χ1n) is 7.08. The number of rotatable bonds is 3. The van der Waals surface area contributed by atoms with Crippen molar-refractivity contribution in [3.05, 3.63) is 41.4 Å². The number of carbonyl (C=O) groups is 2. The summed E-state index contributed by atoms with van der Waals surface area (Å²) in [6.07, 6.45) is 2.96.